The van der Waals surface area contributed by atoms with Crippen molar-refractivity contribution in [3.63, 3.8) is 0 Å². The molecule has 3 rings (SSSR count). The maximum Gasteiger partial charge on any atom is 0.289 e. The van der Waals surface area contributed by atoms with Crippen LogP contribution in [0.25, 0.3) is 11.0 Å². The van der Waals surface area contributed by atoms with Crippen molar-refractivity contribution in [3.05, 3.63) is 29.5 Å². The summed E-state index contributed by atoms with van der Waals surface area (Å²) in [5.41, 5.74) is 6.79. The van der Waals surface area contributed by atoms with Crippen molar-refractivity contribution in [3.8, 4) is 5.75 Å². The van der Waals surface area contributed by atoms with E-state index >= 15 is 0 Å². The van der Waals surface area contributed by atoms with Crippen LogP contribution in [0.3, 0.4) is 0 Å². The Kier molecular flexibility index (Phi) is 3.98. The number of carbonyl (C=O) groups excluding carboxylic acids is 2. The monoisotopic (exact) mass is 316 g/mol. The van der Waals surface area contributed by atoms with Crippen molar-refractivity contribution in [2.45, 2.75) is 19.8 Å². The number of benzene rings is 1. The zero-order valence-corrected chi connectivity index (χ0v) is 13.3. The van der Waals surface area contributed by atoms with E-state index < -0.39 is 0 Å². The Morgan fingerprint density at radius 2 is 2.00 bits per heavy atom. The molecule has 0 spiro atoms. The van der Waals surface area contributed by atoms with Gasteiger partial charge in [-0.15, -0.1) is 0 Å². The number of furan rings is 1. The lowest BCUT2D eigenvalue weighted by molar-refractivity contribution is -0.123. The smallest absolute Gasteiger partial charge is 0.289 e. The van der Waals surface area contributed by atoms with Gasteiger partial charge in [0.2, 0.25) is 5.91 Å². The van der Waals surface area contributed by atoms with Gasteiger partial charge in [0.25, 0.3) is 5.91 Å². The van der Waals surface area contributed by atoms with Gasteiger partial charge < -0.3 is 19.8 Å². The number of hydrogen-bond acceptors (Lipinski definition) is 4. The number of primary amides is 1. The van der Waals surface area contributed by atoms with Crippen molar-refractivity contribution in [1.82, 2.24) is 4.90 Å². The van der Waals surface area contributed by atoms with Gasteiger partial charge in [0, 0.05) is 36.0 Å². The molecule has 23 heavy (non-hydrogen) atoms. The zero-order valence-electron chi connectivity index (χ0n) is 13.3. The molecule has 6 heteroatoms. The number of aryl methyl sites for hydroxylation is 1. The van der Waals surface area contributed by atoms with Gasteiger partial charge in [-0.1, -0.05) is 0 Å². The molecule has 1 aromatic heterocycles. The third-order valence-corrected chi connectivity index (χ3v) is 4.52. The molecule has 1 saturated heterocycles. The van der Waals surface area contributed by atoms with Crippen LogP contribution in [0, 0.1) is 12.8 Å². The number of fused-ring (bicyclic) bond motifs is 1. The molecule has 1 aliphatic heterocycles. The Hall–Kier alpha value is -2.50. The third kappa shape index (κ3) is 2.76. The molecule has 6 nitrogen and oxygen atoms in total. The molecule has 0 unspecified atom stereocenters. The number of nitrogens with two attached hydrogens (primary N) is 1. The van der Waals surface area contributed by atoms with E-state index in [0.29, 0.717) is 43.0 Å². The number of carbonyl (C=O) groups is 2. The highest BCUT2D eigenvalue weighted by Gasteiger charge is 2.29. The van der Waals surface area contributed by atoms with E-state index in [4.69, 9.17) is 14.9 Å². The van der Waals surface area contributed by atoms with Crippen LogP contribution in [-0.4, -0.2) is 36.9 Å². The van der Waals surface area contributed by atoms with Crippen LogP contribution in [0.1, 0.15) is 29.0 Å². The first-order valence-corrected chi connectivity index (χ1v) is 7.67. The molecule has 122 valence electrons. The third-order valence-electron chi connectivity index (χ3n) is 4.52. The molecule has 1 fully saturated rings. The van der Waals surface area contributed by atoms with Crippen LogP contribution in [0.15, 0.2) is 22.6 Å². The molecular weight excluding hydrogens is 296 g/mol. The summed E-state index contributed by atoms with van der Waals surface area (Å²) in [5.74, 6) is 0.475. The number of amides is 2. The molecular formula is C17H20N2O4. The Morgan fingerprint density at radius 3 is 2.61 bits per heavy atom. The number of methoxy groups -OCH3 is 1. The van der Waals surface area contributed by atoms with Gasteiger partial charge in [-0.25, -0.2) is 0 Å². The standard InChI is InChI=1S/C17H20N2O4/c1-10-13-4-3-12(22-2)9-14(13)23-15(10)17(21)19-7-5-11(6-8-19)16(18)20/h3-4,9,11H,5-8H2,1-2H3,(H2,18,20). The molecule has 0 aliphatic carbocycles. The summed E-state index contributed by atoms with van der Waals surface area (Å²) in [6.45, 7) is 2.92. The predicted octanol–water partition coefficient (Wildman–Crippen LogP) is 2.09. The van der Waals surface area contributed by atoms with Gasteiger partial charge in [0.1, 0.15) is 11.3 Å². The van der Waals surface area contributed by atoms with E-state index in [2.05, 4.69) is 0 Å². The molecule has 2 aromatic rings. The topological polar surface area (TPSA) is 85.8 Å². The maximum absolute atomic E-state index is 12.7. The van der Waals surface area contributed by atoms with Crippen LogP contribution >= 0.6 is 0 Å². The molecule has 2 amide bonds. The summed E-state index contributed by atoms with van der Waals surface area (Å²) in [5, 5.41) is 0.904. The first kappa shape index (κ1) is 15.4. The molecule has 2 N–H and O–H groups in total. The largest absolute Gasteiger partial charge is 0.497 e. The molecule has 1 aromatic carbocycles. The summed E-state index contributed by atoms with van der Waals surface area (Å²) in [7, 11) is 1.59. The first-order valence-electron chi connectivity index (χ1n) is 7.67. The van der Waals surface area contributed by atoms with Crippen LogP contribution in [-0.2, 0) is 4.79 Å². The van der Waals surface area contributed by atoms with Crippen LogP contribution in [0.4, 0.5) is 0 Å². The summed E-state index contributed by atoms with van der Waals surface area (Å²) in [4.78, 5) is 25.7. The van der Waals surface area contributed by atoms with Gasteiger partial charge in [-0.2, -0.15) is 0 Å². The fraction of sp³-hybridized carbons (Fsp3) is 0.412. The van der Waals surface area contributed by atoms with Gasteiger partial charge >= 0.3 is 0 Å². The summed E-state index contributed by atoms with van der Waals surface area (Å²) in [6, 6.07) is 5.51. The number of rotatable bonds is 3. The van der Waals surface area contributed by atoms with E-state index in [1.165, 1.54) is 0 Å². The highest BCUT2D eigenvalue weighted by Crippen LogP contribution is 2.30. The van der Waals surface area contributed by atoms with Crippen molar-refractivity contribution >= 4 is 22.8 Å². The maximum atomic E-state index is 12.7. The second-order valence-corrected chi connectivity index (χ2v) is 5.89. The minimum absolute atomic E-state index is 0.138. The molecule has 2 heterocycles. The quantitative estimate of drug-likeness (QED) is 0.939. The lowest BCUT2D eigenvalue weighted by atomic mass is 9.96. The number of likely N-dealkylation sites (tertiary alicyclic amines) is 1. The van der Waals surface area contributed by atoms with Crippen LogP contribution in [0.2, 0.25) is 0 Å². The fourth-order valence-corrected chi connectivity index (χ4v) is 3.05. The van der Waals surface area contributed by atoms with Crippen molar-refractivity contribution in [1.29, 1.82) is 0 Å². The van der Waals surface area contributed by atoms with E-state index in [1.807, 2.05) is 19.1 Å². The van der Waals surface area contributed by atoms with Gasteiger partial charge in [-0.3, -0.25) is 9.59 Å². The second kappa shape index (κ2) is 5.95. The first-order chi connectivity index (χ1) is 11.0. The highest BCUT2D eigenvalue weighted by atomic mass is 16.5. The zero-order chi connectivity index (χ0) is 16.6. The summed E-state index contributed by atoms with van der Waals surface area (Å²) >= 11 is 0. The molecule has 0 atom stereocenters. The van der Waals surface area contributed by atoms with E-state index in [9.17, 15) is 9.59 Å². The second-order valence-electron chi connectivity index (χ2n) is 5.89. The Morgan fingerprint density at radius 1 is 1.30 bits per heavy atom. The molecule has 0 saturated carbocycles. The number of nitrogens with zero attached hydrogens (tertiary/aromatic N) is 1. The van der Waals surface area contributed by atoms with Gasteiger partial charge in [0.05, 0.1) is 7.11 Å². The van der Waals surface area contributed by atoms with Crippen molar-refractivity contribution in [2.24, 2.45) is 11.7 Å². The predicted molar refractivity (Wildman–Crippen MR) is 85.3 cm³/mol. The molecule has 0 radical (unpaired) electrons. The van der Waals surface area contributed by atoms with E-state index in [1.54, 1.807) is 18.1 Å². The summed E-state index contributed by atoms with van der Waals surface area (Å²) < 4.78 is 11.0. The Bertz CT molecular complexity index is 757. The minimum Gasteiger partial charge on any atom is -0.497 e. The summed E-state index contributed by atoms with van der Waals surface area (Å²) in [6.07, 6.45) is 1.21. The average molecular weight is 316 g/mol. The van der Waals surface area contributed by atoms with Crippen molar-refractivity contribution < 1.29 is 18.7 Å². The number of hydrogen-bond donors (Lipinski definition) is 1. The van der Waals surface area contributed by atoms with Gasteiger partial charge in [0.15, 0.2) is 5.76 Å². The Balaban J connectivity index is 1.84. The minimum atomic E-state index is -0.288. The normalized spacial score (nSPS) is 15.8. The van der Waals surface area contributed by atoms with Crippen LogP contribution in [0.5, 0.6) is 5.75 Å². The molecule has 1 aliphatic rings. The molecule has 0 bridgehead atoms. The lowest BCUT2D eigenvalue weighted by Gasteiger charge is -2.30. The number of piperidine rings is 1. The Labute approximate surface area is 134 Å². The van der Waals surface area contributed by atoms with E-state index in [-0.39, 0.29) is 17.7 Å². The average Bonchev–Trinajstić information content (AvgIpc) is 2.90. The SMILES string of the molecule is COc1ccc2c(C)c(C(=O)N3CCC(C(N)=O)CC3)oc2c1. The fourth-order valence-electron chi connectivity index (χ4n) is 3.05. The lowest BCUT2D eigenvalue weighted by Crippen LogP contribution is -2.41. The number of ether oxygens (including phenoxy) is 1. The van der Waals surface area contributed by atoms with E-state index in [0.717, 1.165) is 10.9 Å². The van der Waals surface area contributed by atoms with Crippen molar-refractivity contribution in [2.75, 3.05) is 20.2 Å². The van der Waals surface area contributed by atoms with Gasteiger partial charge in [-0.05, 0) is 31.9 Å². The highest BCUT2D eigenvalue weighted by molar-refractivity contribution is 5.99. The van der Waals surface area contributed by atoms with Crippen LogP contribution < -0.4 is 10.5 Å².